The van der Waals surface area contributed by atoms with Crippen LogP contribution in [0.3, 0.4) is 0 Å². The number of aryl methyl sites for hydroxylation is 1. The van der Waals surface area contributed by atoms with E-state index in [4.69, 9.17) is 10.00 Å². The zero-order valence-corrected chi connectivity index (χ0v) is 14.8. The molecule has 0 saturated heterocycles. The van der Waals surface area contributed by atoms with Crippen LogP contribution in [-0.2, 0) is 16.1 Å². The third kappa shape index (κ3) is 3.71. The van der Waals surface area contributed by atoms with Crippen LogP contribution in [0.4, 0.5) is 0 Å². The van der Waals surface area contributed by atoms with Crippen molar-refractivity contribution in [2.45, 2.75) is 13.0 Å². The number of nitrogens with zero attached hydrogens (tertiary/aromatic N) is 3. The Bertz CT molecular complexity index is 1070. The highest BCUT2D eigenvalue weighted by Gasteiger charge is 2.11. The van der Waals surface area contributed by atoms with Gasteiger partial charge in [0.25, 0.3) is 5.91 Å². The third-order valence-electron chi connectivity index (χ3n) is 3.81. The Morgan fingerprint density at radius 3 is 2.62 bits per heavy atom. The number of carbonyl (C=O) groups excluding carboxylic acids is 2. The lowest BCUT2D eigenvalue weighted by Gasteiger charge is -2.04. The first kappa shape index (κ1) is 17.6. The number of ether oxygens (including phenoxy) is 1. The molecule has 0 bridgehead atoms. The van der Waals surface area contributed by atoms with Gasteiger partial charge in [0.2, 0.25) is 0 Å². The van der Waals surface area contributed by atoms with E-state index in [9.17, 15) is 9.59 Å². The number of benzene rings is 2. The van der Waals surface area contributed by atoms with Crippen LogP contribution in [0, 0.1) is 11.3 Å². The topological polar surface area (TPSA) is 84.5 Å². The fourth-order valence-corrected chi connectivity index (χ4v) is 3.52. The molecule has 0 atom stereocenters. The van der Waals surface area contributed by atoms with Gasteiger partial charge in [0, 0.05) is 12.1 Å². The minimum absolute atomic E-state index is 0.190. The van der Waals surface area contributed by atoms with Gasteiger partial charge in [0.1, 0.15) is 0 Å². The number of aromatic nitrogens is 1. The number of rotatable bonds is 4. The predicted octanol–water partition coefficient (Wildman–Crippen LogP) is 2.88. The molecule has 0 saturated carbocycles. The smallest absolute Gasteiger partial charge is 0.307 e. The second-order valence-electron chi connectivity index (χ2n) is 5.44. The fraction of sp³-hybridized carbons (Fsp3) is 0.158. The molecule has 26 heavy (non-hydrogen) atoms. The molecule has 1 heterocycles. The van der Waals surface area contributed by atoms with Crippen molar-refractivity contribution in [3.05, 3.63) is 64.5 Å². The minimum Gasteiger partial charge on any atom is -0.469 e. The number of amides is 1. The van der Waals surface area contributed by atoms with Crippen molar-refractivity contribution < 1.29 is 14.3 Å². The van der Waals surface area contributed by atoms with Gasteiger partial charge in [-0.25, -0.2) is 0 Å². The summed E-state index contributed by atoms with van der Waals surface area (Å²) in [4.78, 5) is 28.7. The van der Waals surface area contributed by atoms with E-state index in [-0.39, 0.29) is 12.4 Å². The van der Waals surface area contributed by atoms with Gasteiger partial charge >= 0.3 is 5.97 Å². The highest BCUT2D eigenvalue weighted by Crippen LogP contribution is 2.17. The Hall–Kier alpha value is -3.24. The second kappa shape index (κ2) is 7.76. The first-order chi connectivity index (χ1) is 12.6. The van der Waals surface area contributed by atoms with Crippen LogP contribution in [0.15, 0.2) is 53.5 Å². The number of nitriles is 1. The lowest BCUT2D eigenvalue weighted by Crippen LogP contribution is -2.19. The highest BCUT2D eigenvalue weighted by molar-refractivity contribution is 7.16. The monoisotopic (exact) mass is 365 g/mol. The Morgan fingerprint density at radius 1 is 1.19 bits per heavy atom. The van der Waals surface area contributed by atoms with E-state index in [1.165, 1.54) is 18.4 Å². The van der Waals surface area contributed by atoms with Crippen LogP contribution >= 0.6 is 11.3 Å². The van der Waals surface area contributed by atoms with Gasteiger partial charge in [-0.3, -0.25) is 9.59 Å². The summed E-state index contributed by atoms with van der Waals surface area (Å²) in [6, 6.07) is 16.0. The number of fused-ring (bicyclic) bond motifs is 1. The first-order valence-electron chi connectivity index (χ1n) is 7.87. The van der Waals surface area contributed by atoms with Gasteiger partial charge in [-0.15, -0.1) is 0 Å². The molecule has 0 spiro atoms. The SMILES string of the molecule is COC(=O)CCn1c(=NC(=O)c2ccc(C#N)cc2)sc2ccccc21. The molecule has 1 aromatic heterocycles. The molecular formula is C19H15N3O3S. The molecule has 1 amide bonds. The number of hydrogen-bond donors (Lipinski definition) is 0. The maximum absolute atomic E-state index is 12.5. The average Bonchev–Trinajstić information content (AvgIpc) is 3.03. The standard InChI is InChI=1S/C19H15N3O3S/c1-25-17(23)10-11-22-15-4-2-3-5-16(15)26-19(22)21-18(24)14-8-6-13(12-20)7-9-14/h2-9H,10-11H2,1H3. The highest BCUT2D eigenvalue weighted by atomic mass is 32.1. The summed E-state index contributed by atoms with van der Waals surface area (Å²) in [5.41, 5.74) is 1.80. The van der Waals surface area contributed by atoms with Crippen LogP contribution in [0.2, 0.25) is 0 Å². The van der Waals surface area contributed by atoms with Crippen LogP contribution in [-0.4, -0.2) is 23.6 Å². The molecule has 3 rings (SSSR count). The second-order valence-corrected chi connectivity index (χ2v) is 6.45. The number of para-hydroxylation sites is 1. The van der Waals surface area contributed by atoms with Crippen molar-refractivity contribution in [2.24, 2.45) is 4.99 Å². The molecule has 0 unspecified atom stereocenters. The molecule has 7 heteroatoms. The molecule has 6 nitrogen and oxygen atoms in total. The van der Waals surface area contributed by atoms with Gasteiger partial charge in [-0.05, 0) is 36.4 Å². The summed E-state index contributed by atoms with van der Waals surface area (Å²) >= 11 is 1.38. The Kier molecular flexibility index (Phi) is 5.25. The van der Waals surface area contributed by atoms with Crippen molar-refractivity contribution in [1.82, 2.24) is 4.57 Å². The Labute approximate surface area is 153 Å². The average molecular weight is 365 g/mol. The third-order valence-corrected chi connectivity index (χ3v) is 4.87. The summed E-state index contributed by atoms with van der Waals surface area (Å²) in [7, 11) is 1.35. The minimum atomic E-state index is -0.395. The molecule has 0 radical (unpaired) electrons. The summed E-state index contributed by atoms with van der Waals surface area (Å²) in [5.74, 6) is -0.718. The van der Waals surface area contributed by atoms with Crippen LogP contribution in [0.25, 0.3) is 10.2 Å². The van der Waals surface area contributed by atoms with Gasteiger partial charge in [-0.2, -0.15) is 10.3 Å². The zero-order valence-electron chi connectivity index (χ0n) is 14.0. The predicted molar refractivity (Wildman–Crippen MR) is 97.5 cm³/mol. The first-order valence-corrected chi connectivity index (χ1v) is 8.68. The Morgan fingerprint density at radius 2 is 1.92 bits per heavy atom. The summed E-state index contributed by atoms with van der Waals surface area (Å²) in [6.45, 7) is 0.371. The number of thiazole rings is 1. The molecule has 0 N–H and O–H groups in total. The van der Waals surface area contributed by atoms with Crippen molar-refractivity contribution in [3.63, 3.8) is 0 Å². The van der Waals surface area contributed by atoms with E-state index in [0.717, 1.165) is 10.2 Å². The lowest BCUT2D eigenvalue weighted by atomic mass is 10.1. The molecule has 130 valence electrons. The van der Waals surface area contributed by atoms with E-state index in [1.807, 2.05) is 34.9 Å². The molecule has 0 aliphatic carbocycles. The van der Waals surface area contributed by atoms with Gasteiger partial charge in [-0.1, -0.05) is 23.5 Å². The van der Waals surface area contributed by atoms with E-state index >= 15 is 0 Å². The quantitative estimate of drug-likeness (QED) is 0.666. The van der Waals surface area contributed by atoms with Gasteiger partial charge in [0.05, 0.1) is 35.4 Å². The van der Waals surface area contributed by atoms with Crippen molar-refractivity contribution in [1.29, 1.82) is 5.26 Å². The maximum Gasteiger partial charge on any atom is 0.307 e. The number of esters is 1. The maximum atomic E-state index is 12.5. The lowest BCUT2D eigenvalue weighted by molar-refractivity contribution is -0.140. The number of methoxy groups -OCH3 is 1. The molecule has 2 aromatic carbocycles. The van der Waals surface area contributed by atoms with Crippen molar-refractivity contribution >= 4 is 33.4 Å². The summed E-state index contributed by atoms with van der Waals surface area (Å²) in [5, 5.41) is 8.85. The number of carbonyl (C=O) groups is 2. The van der Waals surface area contributed by atoms with Crippen LogP contribution in [0.1, 0.15) is 22.3 Å². The largest absolute Gasteiger partial charge is 0.469 e. The Balaban J connectivity index is 2.01. The van der Waals surface area contributed by atoms with E-state index in [0.29, 0.717) is 22.5 Å². The zero-order chi connectivity index (χ0) is 18.5. The van der Waals surface area contributed by atoms with Gasteiger partial charge in [0.15, 0.2) is 4.80 Å². The molecule has 0 fully saturated rings. The van der Waals surface area contributed by atoms with Gasteiger partial charge < -0.3 is 9.30 Å². The fourth-order valence-electron chi connectivity index (χ4n) is 2.47. The summed E-state index contributed by atoms with van der Waals surface area (Å²) < 4.78 is 7.52. The molecule has 0 aliphatic rings. The van der Waals surface area contributed by atoms with E-state index in [1.54, 1.807) is 24.3 Å². The molecular weight excluding hydrogens is 350 g/mol. The van der Waals surface area contributed by atoms with Crippen LogP contribution in [0.5, 0.6) is 0 Å². The molecule has 0 aliphatic heterocycles. The van der Waals surface area contributed by atoms with E-state index in [2.05, 4.69) is 4.99 Å². The van der Waals surface area contributed by atoms with E-state index < -0.39 is 5.91 Å². The van der Waals surface area contributed by atoms with Crippen molar-refractivity contribution in [2.75, 3.05) is 7.11 Å². The normalized spacial score (nSPS) is 11.3. The summed E-state index contributed by atoms with van der Waals surface area (Å²) in [6.07, 6.45) is 0.190. The molecule has 3 aromatic rings. The number of hydrogen-bond acceptors (Lipinski definition) is 5. The van der Waals surface area contributed by atoms with Crippen molar-refractivity contribution in [3.8, 4) is 6.07 Å². The van der Waals surface area contributed by atoms with Crippen LogP contribution < -0.4 is 4.80 Å².